The van der Waals surface area contributed by atoms with Crippen molar-refractivity contribution in [3.8, 4) is 11.5 Å². The maximum Gasteiger partial charge on any atom is 0.256 e. The molecule has 5 nitrogen and oxygen atoms in total. The van der Waals surface area contributed by atoms with E-state index in [0.717, 1.165) is 11.3 Å². The molecular formula is C23H21FN2O3S. The number of likely N-dealkylation sites (N-methyl/N-ethyl adjacent to an activating group) is 1. The number of aromatic nitrogens is 1. The zero-order chi connectivity index (χ0) is 20.9. The molecule has 2 heterocycles. The zero-order valence-electron chi connectivity index (χ0n) is 16.5. The first-order valence-corrected chi connectivity index (χ1v) is 10.5. The number of rotatable bonds is 6. The van der Waals surface area contributed by atoms with E-state index in [0.29, 0.717) is 35.2 Å². The van der Waals surface area contributed by atoms with Crippen molar-refractivity contribution in [2.45, 2.75) is 16.9 Å². The molecule has 0 bridgehead atoms. The number of hydrogen-bond acceptors (Lipinski definition) is 5. The van der Waals surface area contributed by atoms with Gasteiger partial charge in [-0.1, -0.05) is 24.3 Å². The Morgan fingerprint density at radius 1 is 1.13 bits per heavy atom. The van der Waals surface area contributed by atoms with Crippen LogP contribution in [0.15, 0.2) is 71.9 Å². The van der Waals surface area contributed by atoms with E-state index in [1.807, 2.05) is 24.3 Å². The summed E-state index contributed by atoms with van der Waals surface area (Å²) < 4.78 is 24.8. The third kappa shape index (κ3) is 4.74. The molecule has 1 amide bonds. The number of carbonyl (C=O) groups excluding carboxylic acids is 1. The minimum Gasteiger partial charge on any atom is -0.486 e. The van der Waals surface area contributed by atoms with E-state index in [4.69, 9.17) is 9.47 Å². The molecule has 0 saturated heterocycles. The van der Waals surface area contributed by atoms with Crippen molar-refractivity contribution in [3.63, 3.8) is 0 Å². The largest absolute Gasteiger partial charge is 0.486 e. The standard InChI is InChI=1S/C23H21FN2O3S/c1-26(13-18-14-28-20-6-2-3-7-21(20)29-18)23(27)19-5-4-12-25-22(19)30-15-16-8-10-17(24)11-9-16/h2-12,18H,13-15H2,1H3. The minimum absolute atomic E-state index is 0.132. The summed E-state index contributed by atoms with van der Waals surface area (Å²) in [6, 6.07) is 17.3. The summed E-state index contributed by atoms with van der Waals surface area (Å²) in [5.41, 5.74) is 1.49. The lowest BCUT2D eigenvalue weighted by atomic mass is 10.2. The highest BCUT2D eigenvalue weighted by molar-refractivity contribution is 7.98. The smallest absolute Gasteiger partial charge is 0.256 e. The highest BCUT2D eigenvalue weighted by Gasteiger charge is 2.25. The van der Waals surface area contributed by atoms with Gasteiger partial charge in [-0.25, -0.2) is 9.37 Å². The van der Waals surface area contributed by atoms with Gasteiger partial charge in [-0.3, -0.25) is 4.79 Å². The van der Waals surface area contributed by atoms with Crippen LogP contribution in [0.2, 0.25) is 0 Å². The first-order chi connectivity index (χ1) is 14.6. The molecule has 2 aromatic carbocycles. The van der Waals surface area contributed by atoms with Crippen LogP contribution in [0, 0.1) is 5.82 Å². The molecule has 4 rings (SSSR count). The third-order valence-corrected chi connectivity index (χ3v) is 5.76. The number of thioether (sulfide) groups is 1. The molecule has 154 valence electrons. The molecule has 0 fully saturated rings. The second-order valence-corrected chi connectivity index (χ2v) is 7.92. The van der Waals surface area contributed by atoms with Gasteiger partial charge >= 0.3 is 0 Å². The van der Waals surface area contributed by atoms with Gasteiger partial charge in [-0.2, -0.15) is 0 Å². The van der Waals surface area contributed by atoms with Crippen LogP contribution >= 0.6 is 11.8 Å². The van der Waals surface area contributed by atoms with Crippen LogP contribution in [0.25, 0.3) is 0 Å². The Kier molecular flexibility index (Phi) is 6.18. The number of amides is 1. The summed E-state index contributed by atoms with van der Waals surface area (Å²) in [6.07, 6.45) is 1.42. The molecule has 1 aliphatic heterocycles. The number of fused-ring (bicyclic) bond motifs is 1. The van der Waals surface area contributed by atoms with E-state index in [1.165, 1.54) is 23.9 Å². The van der Waals surface area contributed by atoms with Crippen LogP contribution in [-0.2, 0) is 5.75 Å². The molecule has 0 saturated carbocycles. The fourth-order valence-electron chi connectivity index (χ4n) is 3.15. The van der Waals surface area contributed by atoms with Gasteiger partial charge in [-0.15, -0.1) is 11.8 Å². The van der Waals surface area contributed by atoms with Crippen molar-refractivity contribution in [1.82, 2.24) is 9.88 Å². The average molecular weight is 424 g/mol. The summed E-state index contributed by atoms with van der Waals surface area (Å²) in [5.74, 6) is 1.60. The number of pyridine rings is 1. The molecule has 1 atom stereocenters. The summed E-state index contributed by atoms with van der Waals surface area (Å²) in [5, 5.41) is 0.643. The van der Waals surface area contributed by atoms with Crippen molar-refractivity contribution < 1.29 is 18.7 Å². The fraction of sp³-hybridized carbons (Fsp3) is 0.217. The van der Waals surface area contributed by atoms with Crippen molar-refractivity contribution >= 4 is 17.7 Å². The van der Waals surface area contributed by atoms with Gasteiger partial charge < -0.3 is 14.4 Å². The SMILES string of the molecule is CN(CC1COc2ccccc2O1)C(=O)c1cccnc1SCc1ccc(F)cc1. The van der Waals surface area contributed by atoms with Gasteiger partial charge in [0.15, 0.2) is 17.6 Å². The first kappa shape index (κ1) is 20.2. The second-order valence-electron chi connectivity index (χ2n) is 6.95. The predicted molar refractivity (Wildman–Crippen MR) is 114 cm³/mol. The maximum absolute atomic E-state index is 13.1. The molecule has 0 N–H and O–H groups in total. The normalized spacial score (nSPS) is 14.9. The summed E-state index contributed by atoms with van der Waals surface area (Å²) in [4.78, 5) is 19.1. The van der Waals surface area contributed by atoms with Gasteiger partial charge in [0.25, 0.3) is 5.91 Å². The van der Waals surface area contributed by atoms with Crippen molar-refractivity contribution in [3.05, 3.63) is 83.8 Å². The summed E-state index contributed by atoms with van der Waals surface area (Å²) in [7, 11) is 1.74. The molecular weight excluding hydrogens is 403 g/mol. The number of para-hydroxylation sites is 2. The molecule has 7 heteroatoms. The van der Waals surface area contributed by atoms with Gasteiger partial charge in [0.2, 0.25) is 0 Å². The number of nitrogens with zero attached hydrogens (tertiary/aromatic N) is 2. The molecule has 1 unspecified atom stereocenters. The van der Waals surface area contributed by atoms with Gasteiger partial charge in [0, 0.05) is 19.0 Å². The Morgan fingerprint density at radius 3 is 2.70 bits per heavy atom. The molecule has 0 radical (unpaired) electrons. The van der Waals surface area contributed by atoms with Crippen LogP contribution < -0.4 is 9.47 Å². The average Bonchev–Trinajstić information content (AvgIpc) is 2.78. The quantitative estimate of drug-likeness (QED) is 0.548. The molecule has 30 heavy (non-hydrogen) atoms. The van der Waals surface area contributed by atoms with Crippen LogP contribution in [0.3, 0.4) is 0 Å². The lowest BCUT2D eigenvalue weighted by Crippen LogP contribution is -2.42. The first-order valence-electron chi connectivity index (χ1n) is 9.56. The molecule has 3 aromatic rings. The molecule has 1 aromatic heterocycles. The van der Waals surface area contributed by atoms with Gasteiger partial charge in [0.1, 0.15) is 17.5 Å². The van der Waals surface area contributed by atoms with E-state index >= 15 is 0 Å². The zero-order valence-corrected chi connectivity index (χ0v) is 17.3. The minimum atomic E-state index is -0.268. The predicted octanol–water partition coefficient (Wildman–Crippen LogP) is 4.43. The summed E-state index contributed by atoms with van der Waals surface area (Å²) >= 11 is 1.45. The Balaban J connectivity index is 1.41. The lowest BCUT2D eigenvalue weighted by molar-refractivity contribution is 0.0518. The third-order valence-electron chi connectivity index (χ3n) is 4.68. The van der Waals surface area contributed by atoms with Gasteiger partial charge in [0.05, 0.1) is 12.1 Å². The van der Waals surface area contributed by atoms with Crippen LogP contribution in [-0.4, -0.2) is 42.1 Å². The van der Waals surface area contributed by atoms with E-state index in [-0.39, 0.29) is 17.8 Å². The van der Waals surface area contributed by atoms with Crippen LogP contribution in [0.1, 0.15) is 15.9 Å². The Labute approximate surface area is 178 Å². The van der Waals surface area contributed by atoms with Crippen molar-refractivity contribution in [2.24, 2.45) is 0 Å². The number of carbonyl (C=O) groups is 1. The number of halogens is 1. The monoisotopic (exact) mass is 424 g/mol. The number of ether oxygens (including phenoxy) is 2. The van der Waals surface area contributed by atoms with Gasteiger partial charge in [-0.05, 0) is 42.0 Å². The summed E-state index contributed by atoms with van der Waals surface area (Å²) in [6.45, 7) is 0.776. The lowest BCUT2D eigenvalue weighted by Gasteiger charge is -2.29. The topological polar surface area (TPSA) is 51.7 Å². The Bertz CT molecular complexity index is 1030. The second kappa shape index (κ2) is 9.17. The maximum atomic E-state index is 13.1. The Hall–Kier alpha value is -3.06. The molecule has 1 aliphatic rings. The van der Waals surface area contributed by atoms with E-state index in [1.54, 1.807) is 42.4 Å². The van der Waals surface area contributed by atoms with E-state index < -0.39 is 0 Å². The van der Waals surface area contributed by atoms with E-state index in [9.17, 15) is 9.18 Å². The molecule has 0 spiro atoms. The van der Waals surface area contributed by atoms with E-state index in [2.05, 4.69) is 4.98 Å². The van der Waals surface area contributed by atoms with Crippen molar-refractivity contribution in [1.29, 1.82) is 0 Å². The van der Waals surface area contributed by atoms with Crippen LogP contribution in [0.4, 0.5) is 4.39 Å². The highest BCUT2D eigenvalue weighted by Crippen LogP contribution is 2.31. The number of hydrogen-bond donors (Lipinski definition) is 0. The number of benzene rings is 2. The van der Waals surface area contributed by atoms with Crippen molar-refractivity contribution in [2.75, 3.05) is 20.2 Å². The Morgan fingerprint density at radius 2 is 1.90 bits per heavy atom. The molecule has 0 aliphatic carbocycles. The van der Waals surface area contributed by atoms with Crippen LogP contribution in [0.5, 0.6) is 11.5 Å². The fourth-order valence-corrected chi connectivity index (χ4v) is 4.09. The highest BCUT2D eigenvalue weighted by atomic mass is 32.2.